The molecular weight excluding hydrogens is 552 g/mol. The average molecular weight is 552 g/mol. The third kappa shape index (κ3) is 20.8. The summed E-state index contributed by atoms with van der Waals surface area (Å²) in [5, 5.41) is 0. The van der Waals surface area contributed by atoms with Gasteiger partial charge in [-0.2, -0.15) is 0 Å². The SMILES string of the molecule is [Au].[Mo].[S]=[Pt]=[S]. The maximum atomic E-state index is 4.32. The van der Waals surface area contributed by atoms with Crippen molar-refractivity contribution in [3.05, 3.63) is 0 Å². The molecule has 0 spiro atoms. The van der Waals surface area contributed by atoms with Crippen molar-refractivity contribution < 1.29 is 58.4 Å². The maximum absolute atomic E-state index is 4.32. The van der Waals surface area contributed by atoms with Crippen LogP contribution in [0.5, 0.6) is 0 Å². The second-order valence-corrected chi connectivity index (χ2v) is 3.88. The molecule has 0 saturated carbocycles. The fourth-order valence-corrected chi connectivity index (χ4v) is 0. The summed E-state index contributed by atoms with van der Waals surface area (Å²) in [4.78, 5) is 0. The first-order valence-electron chi connectivity index (χ1n) is 0.258. The molecule has 0 fully saturated rings. The Kier molecular flexibility index (Phi) is 50.1. The Morgan fingerprint density at radius 1 is 1.20 bits per heavy atom. The monoisotopic (exact) mass is 554 g/mol. The van der Waals surface area contributed by atoms with E-state index in [4.69, 9.17) is 0 Å². The minimum atomic E-state index is -0.250. The molecule has 0 saturated heterocycles. The minimum absolute atomic E-state index is 0. The molecule has 0 nitrogen and oxygen atoms in total. The van der Waals surface area contributed by atoms with Gasteiger partial charge in [0.1, 0.15) is 0 Å². The van der Waals surface area contributed by atoms with Gasteiger partial charge in [0.05, 0.1) is 0 Å². The van der Waals surface area contributed by atoms with Crippen molar-refractivity contribution in [2.24, 2.45) is 0 Å². The third-order valence-electron chi connectivity index (χ3n) is 0. The summed E-state index contributed by atoms with van der Waals surface area (Å²) in [6.45, 7) is 0. The zero-order chi connectivity index (χ0) is 2.71. The summed E-state index contributed by atoms with van der Waals surface area (Å²) < 4.78 is 0. The Morgan fingerprint density at radius 2 is 1.20 bits per heavy atom. The molecule has 0 aromatic heterocycles. The van der Waals surface area contributed by atoms with Crippen LogP contribution in [0.25, 0.3) is 0 Å². The van der Waals surface area contributed by atoms with Crippen molar-refractivity contribution in [3.63, 3.8) is 0 Å². The van der Waals surface area contributed by atoms with Crippen molar-refractivity contribution in [1.82, 2.24) is 0 Å². The van der Waals surface area contributed by atoms with Crippen LogP contribution in [-0.4, -0.2) is 0 Å². The first kappa shape index (κ1) is 15.6. The van der Waals surface area contributed by atoms with Crippen LogP contribution in [0.3, 0.4) is 0 Å². The van der Waals surface area contributed by atoms with E-state index in [9.17, 15) is 0 Å². The quantitative estimate of drug-likeness (QED) is 0.416. The zero-order valence-electron chi connectivity index (χ0n) is 1.84. The van der Waals surface area contributed by atoms with Crippen LogP contribution in [0.2, 0.25) is 0 Å². The second-order valence-electron chi connectivity index (χ2n) is 0.0527. The van der Waals surface area contributed by atoms with E-state index in [0.29, 0.717) is 0 Å². The van der Waals surface area contributed by atoms with E-state index < -0.39 is 0 Å². The van der Waals surface area contributed by atoms with Gasteiger partial charge in [-0.25, -0.2) is 0 Å². The van der Waals surface area contributed by atoms with Crippen LogP contribution in [0, 0.1) is 0 Å². The first-order chi connectivity index (χ1) is 1.41. The summed E-state index contributed by atoms with van der Waals surface area (Å²) >= 11 is -0.250. The van der Waals surface area contributed by atoms with Gasteiger partial charge in [-0.1, -0.05) is 0 Å². The van der Waals surface area contributed by atoms with Gasteiger partial charge in [0.2, 0.25) is 0 Å². The predicted octanol–water partition coefficient (Wildman–Crippen LogP) is 1.29. The van der Waals surface area contributed by atoms with Gasteiger partial charge < -0.3 is 0 Å². The Balaban J connectivity index is -0.0000000200. The van der Waals surface area contributed by atoms with E-state index in [1.54, 1.807) is 0 Å². The molecular formula is AuMoPtS2. The molecule has 5 heteroatoms. The molecule has 0 N–H and O–H groups in total. The molecule has 0 unspecified atom stereocenters. The Morgan fingerprint density at radius 3 is 1.20 bits per heavy atom. The van der Waals surface area contributed by atoms with Crippen LogP contribution in [0.1, 0.15) is 0 Å². The van der Waals surface area contributed by atoms with Gasteiger partial charge in [0, 0.05) is 43.4 Å². The summed E-state index contributed by atoms with van der Waals surface area (Å²) in [6, 6.07) is 0. The molecule has 0 atom stereocenters. The summed E-state index contributed by atoms with van der Waals surface area (Å²) in [5.41, 5.74) is 0. The average Bonchev–Trinajstić information content (AvgIpc) is 0.918. The van der Waals surface area contributed by atoms with Crippen LogP contribution >= 0.6 is 19.6 Å². The molecule has 0 aromatic carbocycles. The van der Waals surface area contributed by atoms with E-state index in [0.717, 1.165) is 0 Å². The molecule has 5 heavy (non-hydrogen) atoms. The molecule has 0 bridgehead atoms. The van der Waals surface area contributed by atoms with Gasteiger partial charge in [0.15, 0.2) is 0 Å². The van der Waals surface area contributed by atoms with Crippen molar-refractivity contribution in [1.29, 1.82) is 0 Å². The van der Waals surface area contributed by atoms with E-state index in [1.807, 2.05) is 0 Å². The first-order valence-corrected chi connectivity index (χ1v) is 6.34. The molecule has 0 aliphatic carbocycles. The van der Waals surface area contributed by atoms with Crippen molar-refractivity contribution in [3.8, 4) is 0 Å². The van der Waals surface area contributed by atoms with Gasteiger partial charge in [-0.15, -0.1) is 0 Å². The molecule has 0 aliphatic heterocycles. The van der Waals surface area contributed by atoms with Crippen molar-refractivity contribution >= 4 is 19.6 Å². The Hall–Kier alpha value is 2.56. The van der Waals surface area contributed by atoms with E-state index in [1.165, 1.54) is 0 Å². The van der Waals surface area contributed by atoms with Crippen LogP contribution in [0.4, 0.5) is 0 Å². The van der Waals surface area contributed by atoms with Gasteiger partial charge in [-0.05, 0) is 0 Å². The molecule has 0 rings (SSSR count). The molecule has 0 aromatic rings. The predicted molar refractivity (Wildman–Crippen MR) is 15.2 cm³/mol. The van der Waals surface area contributed by atoms with E-state index >= 15 is 0 Å². The summed E-state index contributed by atoms with van der Waals surface area (Å²) in [7, 11) is 8.64. The van der Waals surface area contributed by atoms with E-state index in [2.05, 4.69) is 19.6 Å². The third-order valence-corrected chi connectivity index (χ3v) is 0. The fourth-order valence-electron chi connectivity index (χ4n) is 0. The molecule has 0 aliphatic rings. The topological polar surface area (TPSA) is 0 Å². The molecule has 0 amide bonds. The van der Waals surface area contributed by atoms with Crippen molar-refractivity contribution in [2.75, 3.05) is 0 Å². The summed E-state index contributed by atoms with van der Waals surface area (Å²) in [5.74, 6) is 0. The van der Waals surface area contributed by atoms with Crippen LogP contribution in [-0.2, 0) is 58.4 Å². The molecule has 39 valence electrons. The van der Waals surface area contributed by atoms with Gasteiger partial charge in [-0.3, -0.25) is 0 Å². The standard InChI is InChI=1S/Au.Mo.Pt.2S. The number of hydrogen-bond donors (Lipinski definition) is 0. The number of hydrogen-bond acceptors (Lipinski definition) is 2. The van der Waals surface area contributed by atoms with Crippen molar-refractivity contribution in [2.45, 2.75) is 0 Å². The second kappa shape index (κ2) is 16.0. The Bertz CT molecular complexity index is 30.6. The fraction of sp³-hybridized carbons (Fsp3) is 0. The van der Waals surface area contributed by atoms with Crippen LogP contribution in [0.15, 0.2) is 0 Å². The van der Waals surface area contributed by atoms with Gasteiger partial charge in [0.25, 0.3) is 0 Å². The van der Waals surface area contributed by atoms with E-state index in [-0.39, 0.29) is 58.4 Å². The Labute approximate surface area is 76.7 Å². The molecule has 0 heterocycles. The summed E-state index contributed by atoms with van der Waals surface area (Å²) in [6.07, 6.45) is 0. The van der Waals surface area contributed by atoms with Crippen LogP contribution < -0.4 is 0 Å². The number of rotatable bonds is 0. The van der Waals surface area contributed by atoms with Gasteiger partial charge >= 0.3 is 34.6 Å². The normalized spacial score (nSPS) is 4.00. The zero-order valence-corrected chi connectivity index (χ0v) is 9.92. The molecule has 1 radical (unpaired) electrons.